The van der Waals surface area contributed by atoms with Crippen LogP contribution in [0.15, 0.2) is 12.3 Å². The van der Waals surface area contributed by atoms with Gasteiger partial charge in [-0.05, 0) is 57.7 Å². The zero-order valence-corrected chi connectivity index (χ0v) is 13.1. The predicted molar refractivity (Wildman–Crippen MR) is 81.5 cm³/mol. The number of aliphatic hydroxyl groups is 1. The maximum absolute atomic E-state index is 9.64. The number of aliphatic hydroxyl groups excluding tert-OH is 1. The van der Waals surface area contributed by atoms with E-state index in [1.165, 1.54) is 5.69 Å². The molecule has 4 nitrogen and oxygen atoms in total. The molecule has 0 aliphatic carbocycles. The first-order valence-corrected chi connectivity index (χ1v) is 8.08. The molecule has 1 aliphatic heterocycles. The van der Waals surface area contributed by atoms with Crippen molar-refractivity contribution in [2.75, 3.05) is 13.1 Å². The Morgan fingerprint density at radius 3 is 2.50 bits per heavy atom. The second-order valence-electron chi connectivity index (χ2n) is 6.11. The Bertz CT molecular complexity index is 390. The van der Waals surface area contributed by atoms with Gasteiger partial charge in [0, 0.05) is 12.7 Å². The van der Waals surface area contributed by atoms with E-state index < -0.39 is 0 Å². The van der Waals surface area contributed by atoms with Crippen LogP contribution >= 0.6 is 0 Å². The first kappa shape index (κ1) is 15.5. The first-order chi connectivity index (χ1) is 9.63. The van der Waals surface area contributed by atoms with Crippen molar-refractivity contribution < 1.29 is 5.11 Å². The summed E-state index contributed by atoms with van der Waals surface area (Å²) in [5.41, 5.74) is 1.17. The molecule has 0 aromatic carbocycles. The molecule has 1 aromatic rings. The minimum absolute atomic E-state index is 0.161. The summed E-state index contributed by atoms with van der Waals surface area (Å²) in [5, 5.41) is 14.4. The van der Waals surface area contributed by atoms with Crippen LogP contribution in [0.1, 0.15) is 58.2 Å². The molecule has 1 fully saturated rings. The lowest BCUT2D eigenvalue weighted by atomic mass is 9.92. The quantitative estimate of drug-likeness (QED) is 0.870. The van der Waals surface area contributed by atoms with Gasteiger partial charge in [0.1, 0.15) is 0 Å². The molecule has 1 atom stereocenters. The zero-order valence-electron chi connectivity index (χ0n) is 13.1. The highest BCUT2D eigenvalue weighted by Gasteiger charge is 2.23. The second-order valence-corrected chi connectivity index (χ2v) is 6.11. The molecular formula is C16H29N3O. The summed E-state index contributed by atoms with van der Waals surface area (Å²) in [6, 6.07) is 2.68. The van der Waals surface area contributed by atoms with Crippen LogP contribution in [0.25, 0.3) is 0 Å². The zero-order chi connectivity index (χ0) is 14.5. The van der Waals surface area contributed by atoms with Gasteiger partial charge in [0.15, 0.2) is 0 Å². The van der Waals surface area contributed by atoms with Gasteiger partial charge in [0.25, 0.3) is 0 Å². The van der Waals surface area contributed by atoms with Crippen LogP contribution in [-0.4, -0.2) is 39.0 Å². The smallest absolute Gasteiger partial charge is 0.0764 e. The summed E-state index contributed by atoms with van der Waals surface area (Å²) in [6.07, 6.45) is 6.44. The van der Waals surface area contributed by atoms with Crippen molar-refractivity contribution in [3.05, 3.63) is 18.0 Å². The van der Waals surface area contributed by atoms with Crippen molar-refractivity contribution in [3.8, 4) is 0 Å². The first-order valence-electron chi connectivity index (χ1n) is 8.08. The average molecular weight is 279 g/mol. The predicted octanol–water partition coefficient (Wildman–Crippen LogP) is 2.84. The third kappa shape index (κ3) is 3.83. The molecule has 4 heteroatoms. The second kappa shape index (κ2) is 7.23. The Balaban J connectivity index is 1.85. The van der Waals surface area contributed by atoms with Gasteiger partial charge in [-0.3, -0.25) is 9.58 Å². The molecule has 1 saturated heterocycles. The Morgan fingerprint density at radius 2 is 1.95 bits per heavy atom. The van der Waals surface area contributed by atoms with Crippen LogP contribution < -0.4 is 0 Å². The molecule has 0 saturated carbocycles. The molecule has 1 N–H and O–H groups in total. The summed E-state index contributed by atoms with van der Waals surface area (Å²) in [4.78, 5) is 2.46. The van der Waals surface area contributed by atoms with Crippen LogP contribution in [0.2, 0.25) is 0 Å². The minimum Gasteiger partial charge on any atom is -0.393 e. The van der Waals surface area contributed by atoms with Crippen molar-refractivity contribution in [2.45, 2.75) is 65.1 Å². The van der Waals surface area contributed by atoms with Crippen LogP contribution in [0.4, 0.5) is 0 Å². The van der Waals surface area contributed by atoms with Gasteiger partial charge in [0.2, 0.25) is 0 Å². The standard InChI is InChI=1S/C16H29N3O/c1-4-16(5-2)19-11-8-15(17-19)12-18-9-6-14(7-10-18)13(3)20/h8,11,13-14,16,20H,4-7,9-10,12H2,1-3H3. The molecule has 0 amide bonds. The van der Waals surface area contributed by atoms with Crippen LogP contribution in [0.3, 0.4) is 0 Å². The third-order valence-electron chi connectivity index (χ3n) is 4.68. The summed E-state index contributed by atoms with van der Waals surface area (Å²) in [6.45, 7) is 9.45. The van der Waals surface area contributed by atoms with Crippen molar-refractivity contribution >= 4 is 0 Å². The molecular weight excluding hydrogens is 250 g/mol. The molecule has 1 aromatic heterocycles. The maximum Gasteiger partial charge on any atom is 0.0764 e. The fourth-order valence-corrected chi connectivity index (χ4v) is 3.15. The monoisotopic (exact) mass is 279 g/mol. The summed E-state index contributed by atoms with van der Waals surface area (Å²) in [7, 11) is 0. The van der Waals surface area contributed by atoms with E-state index in [0.29, 0.717) is 12.0 Å². The van der Waals surface area contributed by atoms with Gasteiger partial charge in [0.05, 0.1) is 17.8 Å². The summed E-state index contributed by atoms with van der Waals surface area (Å²) >= 11 is 0. The van der Waals surface area contributed by atoms with Crippen molar-refractivity contribution in [3.63, 3.8) is 0 Å². The van der Waals surface area contributed by atoms with Gasteiger partial charge in [-0.25, -0.2) is 0 Å². The Morgan fingerprint density at radius 1 is 1.30 bits per heavy atom. The minimum atomic E-state index is -0.161. The molecule has 2 heterocycles. The van der Waals surface area contributed by atoms with Gasteiger partial charge in [-0.2, -0.15) is 5.10 Å². The van der Waals surface area contributed by atoms with Crippen molar-refractivity contribution in [1.29, 1.82) is 0 Å². The van der Waals surface area contributed by atoms with Crippen LogP contribution in [-0.2, 0) is 6.54 Å². The molecule has 0 spiro atoms. The number of likely N-dealkylation sites (tertiary alicyclic amines) is 1. The Hall–Kier alpha value is -0.870. The number of hydrogen-bond donors (Lipinski definition) is 1. The lowest BCUT2D eigenvalue weighted by Crippen LogP contribution is -2.36. The third-order valence-corrected chi connectivity index (χ3v) is 4.68. The lowest BCUT2D eigenvalue weighted by Gasteiger charge is -2.32. The van der Waals surface area contributed by atoms with Gasteiger partial charge in [-0.15, -0.1) is 0 Å². The highest BCUT2D eigenvalue weighted by atomic mass is 16.3. The van der Waals surface area contributed by atoms with E-state index in [2.05, 4.69) is 35.7 Å². The number of rotatable bonds is 6. The average Bonchev–Trinajstić information content (AvgIpc) is 2.89. The van der Waals surface area contributed by atoms with E-state index in [-0.39, 0.29) is 6.10 Å². The van der Waals surface area contributed by atoms with E-state index >= 15 is 0 Å². The molecule has 114 valence electrons. The van der Waals surface area contributed by atoms with Gasteiger partial charge < -0.3 is 5.11 Å². The Labute approximate surface area is 122 Å². The Kier molecular flexibility index (Phi) is 5.61. The molecule has 0 bridgehead atoms. The SMILES string of the molecule is CCC(CC)n1ccc(CN2CCC(C(C)O)CC2)n1. The van der Waals surface area contributed by atoms with Crippen LogP contribution in [0.5, 0.6) is 0 Å². The number of hydrogen-bond acceptors (Lipinski definition) is 3. The molecule has 2 rings (SSSR count). The lowest BCUT2D eigenvalue weighted by molar-refractivity contribution is 0.0690. The fourth-order valence-electron chi connectivity index (χ4n) is 3.15. The highest BCUT2D eigenvalue weighted by molar-refractivity contribution is 5.00. The number of piperidine rings is 1. The fraction of sp³-hybridized carbons (Fsp3) is 0.812. The number of aromatic nitrogens is 2. The van der Waals surface area contributed by atoms with E-state index in [1.807, 2.05) is 6.92 Å². The van der Waals surface area contributed by atoms with Gasteiger partial charge in [-0.1, -0.05) is 13.8 Å². The summed E-state index contributed by atoms with van der Waals surface area (Å²) in [5.74, 6) is 0.480. The maximum atomic E-state index is 9.64. The topological polar surface area (TPSA) is 41.3 Å². The van der Waals surface area contributed by atoms with E-state index in [0.717, 1.165) is 45.3 Å². The van der Waals surface area contributed by atoms with Crippen LogP contribution in [0, 0.1) is 5.92 Å². The highest BCUT2D eigenvalue weighted by Crippen LogP contribution is 2.22. The summed E-state index contributed by atoms with van der Waals surface area (Å²) < 4.78 is 2.12. The van der Waals surface area contributed by atoms with Crippen molar-refractivity contribution in [2.24, 2.45) is 5.92 Å². The van der Waals surface area contributed by atoms with E-state index in [9.17, 15) is 5.11 Å². The molecule has 20 heavy (non-hydrogen) atoms. The normalized spacial score (nSPS) is 19.6. The van der Waals surface area contributed by atoms with E-state index in [4.69, 9.17) is 5.10 Å². The van der Waals surface area contributed by atoms with Gasteiger partial charge >= 0.3 is 0 Å². The molecule has 1 unspecified atom stereocenters. The molecule has 1 aliphatic rings. The van der Waals surface area contributed by atoms with E-state index in [1.54, 1.807) is 0 Å². The largest absolute Gasteiger partial charge is 0.393 e. The number of nitrogens with zero attached hydrogens (tertiary/aromatic N) is 3. The molecule has 0 radical (unpaired) electrons. The van der Waals surface area contributed by atoms with Crippen molar-refractivity contribution in [1.82, 2.24) is 14.7 Å².